The number of guanidine groups is 1. The van der Waals surface area contributed by atoms with Crippen molar-refractivity contribution >= 4 is 35.9 Å². The fraction of sp³-hybridized carbons (Fsp3) is 0.867. The average molecular weight is 427 g/mol. The molecule has 1 aliphatic rings. The molecule has 7 heteroatoms. The van der Waals surface area contributed by atoms with Crippen LogP contribution < -0.4 is 5.32 Å². The van der Waals surface area contributed by atoms with Crippen LogP contribution in [-0.2, 0) is 14.3 Å². The SMILES string of the molecule is CCNC(=NCCC(=O)OC(C)C)N1CCC(COC)C1.I. The predicted molar refractivity (Wildman–Crippen MR) is 98.8 cm³/mol. The number of carbonyl (C=O) groups excluding carboxylic acids is 1. The van der Waals surface area contributed by atoms with Crippen molar-refractivity contribution in [1.29, 1.82) is 0 Å². The summed E-state index contributed by atoms with van der Waals surface area (Å²) in [5, 5.41) is 3.28. The van der Waals surface area contributed by atoms with E-state index in [0.29, 0.717) is 18.9 Å². The van der Waals surface area contributed by atoms with Crippen molar-refractivity contribution < 1.29 is 14.3 Å². The minimum absolute atomic E-state index is 0. The van der Waals surface area contributed by atoms with Gasteiger partial charge in [0.25, 0.3) is 0 Å². The maximum atomic E-state index is 11.5. The molecule has 0 aromatic rings. The van der Waals surface area contributed by atoms with E-state index in [4.69, 9.17) is 9.47 Å². The van der Waals surface area contributed by atoms with E-state index in [9.17, 15) is 4.79 Å². The monoisotopic (exact) mass is 427 g/mol. The Bertz CT molecular complexity index is 351. The van der Waals surface area contributed by atoms with Gasteiger partial charge in [0.05, 0.1) is 25.7 Å². The molecule has 22 heavy (non-hydrogen) atoms. The molecule has 0 amide bonds. The number of esters is 1. The molecule has 1 saturated heterocycles. The van der Waals surface area contributed by atoms with Crippen molar-refractivity contribution in [3.05, 3.63) is 0 Å². The third-order valence-corrected chi connectivity index (χ3v) is 3.27. The smallest absolute Gasteiger partial charge is 0.307 e. The zero-order valence-electron chi connectivity index (χ0n) is 14.1. The normalized spacial score (nSPS) is 18.3. The van der Waals surface area contributed by atoms with Crippen molar-refractivity contribution in [2.75, 3.05) is 39.9 Å². The van der Waals surface area contributed by atoms with E-state index in [2.05, 4.69) is 15.2 Å². The Balaban J connectivity index is 0.00000441. The number of rotatable bonds is 7. The number of hydrogen-bond acceptors (Lipinski definition) is 4. The summed E-state index contributed by atoms with van der Waals surface area (Å²) in [5.41, 5.74) is 0. The van der Waals surface area contributed by atoms with Gasteiger partial charge in [-0.25, -0.2) is 0 Å². The Labute approximate surface area is 151 Å². The van der Waals surface area contributed by atoms with Gasteiger partial charge in [0.15, 0.2) is 5.96 Å². The van der Waals surface area contributed by atoms with Crippen LogP contribution >= 0.6 is 24.0 Å². The first kappa shape index (κ1) is 21.4. The molecular weight excluding hydrogens is 397 g/mol. The Morgan fingerprint density at radius 3 is 2.77 bits per heavy atom. The van der Waals surface area contributed by atoms with Crippen molar-refractivity contribution in [3.63, 3.8) is 0 Å². The highest BCUT2D eigenvalue weighted by atomic mass is 127. The number of hydrogen-bond donors (Lipinski definition) is 1. The highest BCUT2D eigenvalue weighted by Crippen LogP contribution is 2.16. The van der Waals surface area contributed by atoms with Gasteiger partial charge in [-0.1, -0.05) is 0 Å². The number of nitrogens with one attached hydrogen (secondary N) is 1. The summed E-state index contributed by atoms with van der Waals surface area (Å²) in [6.07, 6.45) is 1.37. The maximum absolute atomic E-state index is 11.5. The number of aliphatic imine (C=N–C) groups is 1. The molecule has 0 radical (unpaired) electrons. The van der Waals surface area contributed by atoms with Crippen molar-refractivity contribution in [2.24, 2.45) is 10.9 Å². The second-order valence-electron chi connectivity index (χ2n) is 5.58. The third kappa shape index (κ3) is 8.17. The first-order chi connectivity index (χ1) is 10.1. The average Bonchev–Trinajstić information content (AvgIpc) is 2.86. The Morgan fingerprint density at radius 2 is 2.18 bits per heavy atom. The van der Waals surface area contributed by atoms with Crippen LogP contribution in [0.3, 0.4) is 0 Å². The zero-order chi connectivity index (χ0) is 15.7. The lowest BCUT2D eigenvalue weighted by Crippen LogP contribution is -2.40. The lowest BCUT2D eigenvalue weighted by atomic mass is 10.1. The largest absolute Gasteiger partial charge is 0.463 e. The standard InChI is InChI=1S/C15H29N3O3.HI/c1-5-16-15(17-8-6-14(19)21-12(2)3)18-9-7-13(10-18)11-20-4;/h12-13H,5-11H2,1-4H3,(H,16,17);1H. The van der Waals surface area contributed by atoms with Crippen LogP contribution in [0.1, 0.15) is 33.6 Å². The highest BCUT2D eigenvalue weighted by Gasteiger charge is 2.24. The van der Waals surface area contributed by atoms with E-state index in [1.54, 1.807) is 7.11 Å². The lowest BCUT2D eigenvalue weighted by Gasteiger charge is -2.21. The van der Waals surface area contributed by atoms with Crippen LogP contribution in [0.25, 0.3) is 0 Å². The summed E-state index contributed by atoms with van der Waals surface area (Å²) in [6.45, 7) is 9.76. The zero-order valence-corrected chi connectivity index (χ0v) is 16.5. The first-order valence-electron chi connectivity index (χ1n) is 7.78. The summed E-state index contributed by atoms with van der Waals surface area (Å²) in [6, 6.07) is 0. The molecule has 130 valence electrons. The molecular formula is C15H30IN3O3. The molecule has 1 rings (SSSR count). The fourth-order valence-corrected chi connectivity index (χ4v) is 2.40. The summed E-state index contributed by atoms with van der Waals surface area (Å²) in [4.78, 5) is 18.3. The molecule has 1 fully saturated rings. The first-order valence-corrected chi connectivity index (χ1v) is 7.78. The Hall–Kier alpha value is -0.570. The van der Waals surface area contributed by atoms with Crippen molar-refractivity contribution in [3.8, 4) is 0 Å². The van der Waals surface area contributed by atoms with Gasteiger partial charge in [0.2, 0.25) is 0 Å². The highest BCUT2D eigenvalue weighted by molar-refractivity contribution is 14.0. The van der Waals surface area contributed by atoms with Crippen LogP contribution in [0, 0.1) is 5.92 Å². The summed E-state index contributed by atoms with van der Waals surface area (Å²) >= 11 is 0. The van der Waals surface area contributed by atoms with E-state index in [1.807, 2.05) is 20.8 Å². The molecule has 0 aromatic carbocycles. The van der Waals surface area contributed by atoms with Gasteiger partial charge in [-0.15, -0.1) is 24.0 Å². The van der Waals surface area contributed by atoms with Crippen LogP contribution in [0.4, 0.5) is 0 Å². The van der Waals surface area contributed by atoms with Gasteiger partial charge >= 0.3 is 5.97 Å². The predicted octanol–water partition coefficient (Wildman–Crippen LogP) is 1.88. The lowest BCUT2D eigenvalue weighted by molar-refractivity contribution is -0.147. The maximum Gasteiger partial charge on any atom is 0.307 e. The summed E-state index contributed by atoms with van der Waals surface area (Å²) < 4.78 is 10.3. The van der Waals surface area contributed by atoms with Gasteiger partial charge in [0, 0.05) is 32.7 Å². The molecule has 1 N–H and O–H groups in total. The number of halogens is 1. The van der Waals surface area contributed by atoms with Gasteiger partial charge in [-0.05, 0) is 27.2 Å². The van der Waals surface area contributed by atoms with E-state index < -0.39 is 0 Å². The molecule has 1 atom stereocenters. The molecule has 0 saturated carbocycles. The number of likely N-dealkylation sites (tertiary alicyclic amines) is 1. The molecule has 0 aromatic heterocycles. The van der Waals surface area contributed by atoms with Crippen molar-refractivity contribution in [2.45, 2.75) is 39.7 Å². The topological polar surface area (TPSA) is 63.2 Å². The van der Waals surface area contributed by atoms with E-state index in [0.717, 1.165) is 38.6 Å². The Kier molecular flexibility index (Phi) is 11.6. The number of methoxy groups -OCH3 is 1. The summed E-state index contributed by atoms with van der Waals surface area (Å²) in [5.74, 6) is 1.25. The third-order valence-electron chi connectivity index (χ3n) is 3.27. The number of ether oxygens (including phenoxy) is 2. The molecule has 1 aliphatic heterocycles. The van der Waals surface area contributed by atoms with Gasteiger partial charge in [0.1, 0.15) is 0 Å². The molecule has 6 nitrogen and oxygen atoms in total. The van der Waals surface area contributed by atoms with E-state index >= 15 is 0 Å². The summed E-state index contributed by atoms with van der Waals surface area (Å²) in [7, 11) is 1.74. The van der Waals surface area contributed by atoms with Gasteiger partial charge in [-0.2, -0.15) is 0 Å². The minimum atomic E-state index is -0.191. The molecule has 0 aliphatic carbocycles. The van der Waals surface area contributed by atoms with Crippen molar-refractivity contribution in [1.82, 2.24) is 10.2 Å². The number of carbonyl (C=O) groups is 1. The Morgan fingerprint density at radius 1 is 1.45 bits per heavy atom. The van der Waals surface area contributed by atoms with E-state index in [1.165, 1.54) is 0 Å². The second kappa shape index (κ2) is 11.9. The molecule has 0 spiro atoms. The molecule has 1 unspecified atom stereocenters. The number of nitrogens with zero attached hydrogens (tertiary/aromatic N) is 2. The quantitative estimate of drug-likeness (QED) is 0.291. The van der Waals surface area contributed by atoms with Gasteiger partial charge < -0.3 is 19.7 Å². The second-order valence-corrected chi connectivity index (χ2v) is 5.58. The van der Waals surface area contributed by atoms with Crippen LogP contribution in [-0.4, -0.2) is 62.8 Å². The van der Waals surface area contributed by atoms with Crippen LogP contribution in [0.2, 0.25) is 0 Å². The molecule has 1 heterocycles. The van der Waals surface area contributed by atoms with E-state index in [-0.39, 0.29) is 36.0 Å². The fourth-order valence-electron chi connectivity index (χ4n) is 2.40. The minimum Gasteiger partial charge on any atom is -0.463 e. The van der Waals surface area contributed by atoms with Crippen LogP contribution in [0.15, 0.2) is 4.99 Å². The van der Waals surface area contributed by atoms with Crippen LogP contribution in [0.5, 0.6) is 0 Å². The van der Waals surface area contributed by atoms with Gasteiger partial charge in [-0.3, -0.25) is 9.79 Å². The molecule has 0 bridgehead atoms.